The Bertz CT molecular complexity index is 249. The standard InChI is InChI=1S/C12H23N3O/c1-2-3-7-14-12(13)15-8-4-11-5-9-16-10-6-11/h5H,2-4,6-10H2,1H3,(H3,13,14,15). The minimum absolute atomic E-state index is 0.570. The number of nitrogens with two attached hydrogens (primary N) is 1. The summed E-state index contributed by atoms with van der Waals surface area (Å²) in [5.41, 5.74) is 7.18. The molecule has 0 fully saturated rings. The number of guanidine groups is 1. The Morgan fingerprint density at radius 2 is 2.50 bits per heavy atom. The predicted octanol–water partition coefficient (Wildman–Crippen LogP) is 1.43. The van der Waals surface area contributed by atoms with Gasteiger partial charge < -0.3 is 15.8 Å². The molecule has 1 aliphatic heterocycles. The quantitative estimate of drug-likeness (QED) is 0.311. The van der Waals surface area contributed by atoms with Gasteiger partial charge in [-0.3, -0.25) is 4.99 Å². The third-order valence-corrected chi connectivity index (χ3v) is 2.60. The molecule has 0 bridgehead atoms. The fourth-order valence-electron chi connectivity index (χ4n) is 1.56. The molecule has 0 saturated carbocycles. The number of nitrogens with zero attached hydrogens (tertiary/aromatic N) is 1. The molecule has 1 aliphatic rings. The van der Waals surface area contributed by atoms with Crippen molar-refractivity contribution in [2.24, 2.45) is 10.7 Å². The summed E-state index contributed by atoms with van der Waals surface area (Å²) in [5.74, 6) is 0.570. The van der Waals surface area contributed by atoms with Crippen LogP contribution in [0.15, 0.2) is 16.6 Å². The zero-order chi connectivity index (χ0) is 11.6. The van der Waals surface area contributed by atoms with Gasteiger partial charge in [0.15, 0.2) is 5.96 Å². The molecular formula is C12H23N3O. The molecule has 4 heteroatoms. The second-order valence-electron chi connectivity index (χ2n) is 3.98. The molecule has 1 heterocycles. The molecule has 16 heavy (non-hydrogen) atoms. The molecule has 0 aromatic rings. The van der Waals surface area contributed by atoms with E-state index in [9.17, 15) is 0 Å². The highest BCUT2D eigenvalue weighted by Crippen LogP contribution is 2.10. The van der Waals surface area contributed by atoms with Crippen molar-refractivity contribution in [3.63, 3.8) is 0 Å². The van der Waals surface area contributed by atoms with E-state index in [1.807, 2.05) is 0 Å². The van der Waals surface area contributed by atoms with Gasteiger partial charge in [-0.2, -0.15) is 0 Å². The lowest BCUT2D eigenvalue weighted by Crippen LogP contribution is -2.32. The first-order chi connectivity index (χ1) is 7.83. The molecule has 0 spiro atoms. The van der Waals surface area contributed by atoms with Crippen molar-refractivity contribution in [1.29, 1.82) is 0 Å². The summed E-state index contributed by atoms with van der Waals surface area (Å²) in [6, 6.07) is 0. The Morgan fingerprint density at radius 1 is 1.62 bits per heavy atom. The molecule has 92 valence electrons. The maximum absolute atomic E-state index is 5.72. The first-order valence-corrected chi connectivity index (χ1v) is 6.12. The van der Waals surface area contributed by atoms with Crippen LogP contribution in [0.25, 0.3) is 0 Å². The van der Waals surface area contributed by atoms with Crippen LogP contribution in [0, 0.1) is 0 Å². The monoisotopic (exact) mass is 225 g/mol. The van der Waals surface area contributed by atoms with Crippen LogP contribution in [0.5, 0.6) is 0 Å². The van der Waals surface area contributed by atoms with E-state index in [1.165, 1.54) is 5.57 Å². The SMILES string of the molecule is CCCCN=C(N)NCCC1=CCOCC1. The molecule has 4 nitrogen and oxygen atoms in total. The lowest BCUT2D eigenvalue weighted by Gasteiger charge is -2.13. The van der Waals surface area contributed by atoms with E-state index >= 15 is 0 Å². The average Bonchev–Trinajstić information content (AvgIpc) is 2.31. The number of ether oxygens (including phenoxy) is 1. The summed E-state index contributed by atoms with van der Waals surface area (Å²) in [6.07, 6.45) is 6.51. The molecule has 0 saturated heterocycles. The van der Waals surface area contributed by atoms with Crippen LogP contribution in [0.1, 0.15) is 32.6 Å². The number of hydrogen-bond acceptors (Lipinski definition) is 2. The molecule has 0 amide bonds. The molecule has 0 aromatic carbocycles. The molecule has 1 rings (SSSR count). The van der Waals surface area contributed by atoms with Crippen LogP contribution < -0.4 is 11.1 Å². The molecule has 0 unspecified atom stereocenters. The summed E-state index contributed by atoms with van der Waals surface area (Å²) in [6.45, 7) is 5.46. The number of rotatable bonds is 6. The van der Waals surface area contributed by atoms with E-state index in [0.29, 0.717) is 5.96 Å². The Morgan fingerprint density at radius 3 is 3.19 bits per heavy atom. The summed E-state index contributed by atoms with van der Waals surface area (Å²) >= 11 is 0. The molecule has 0 aromatic heterocycles. The number of aliphatic imine (C=N–C) groups is 1. The Kier molecular flexibility index (Phi) is 6.65. The Hall–Kier alpha value is -1.03. The first-order valence-electron chi connectivity index (χ1n) is 6.12. The van der Waals surface area contributed by atoms with Gasteiger partial charge in [-0.25, -0.2) is 0 Å². The van der Waals surface area contributed by atoms with Crippen molar-refractivity contribution < 1.29 is 4.74 Å². The Labute approximate surface area is 98.0 Å². The highest BCUT2D eigenvalue weighted by Gasteiger charge is 2.02. The van der Waals surface area contributed by atoms with Gasteiger partial charge in [-0.05, 0) is 19.3 Å². The highest BCUT2D eigenvalue weighted by molar-refractivity contribution is 5.77. The van der Waals surface area contributed by atoms with Gasteiger partial charge in [0.2, 0.25) is 0 Å². The lowest BCUT2D eigenvalue weighted by atomic mass is 10.1. The van der Waals surface area contributed by atoms with Gasteiger partial charge in [-0.1, -0.05) is 25.0 Å². The van der Waals surface area contributed by atoms with Gasteiger partial charge >= 0.3 is 0 Å². The molecule has 0 aliphatic carbocycles. The molecular weight excluding hydrogens is 202 g/mol. The maximum Gasteiger partial charge on any atom is 0.188 e. The fraction of sp³-hybridized carbons (Fsp3) is 0.750. The van der Waals surface area contributed by atoms with Crippen molar-refractivity contribution in [1.82, 2.24) is 5.32 Å². The number of unbranched alkanes of at least 4 members (excludes halogenated alkanes) is 1. The summed E-state index contributed by atoms with van der Waals surface area (Å²) < 4.78 is 5.25. The molecule has 0 radical (unpaired) electrons. The second kappa shape index (κ2) is 8.16. The van der Waals surface area contributed by atoms with Gasteiger partial charge in [0, 0.05) is 13.1 Å². The predicted molar refractivity (Wildman–Crippen MR) is 67.5 cm³/mol. The largest absolute Gasteiger partial charge is 0.377 e. The first kappa shape index (κ1) is 13.0. The van der Waals surface area contributed by atoms with Crippen molar-refractivity contribution in [3.8, 4) is 0 Å². The van der Waals surface area contributed by atoms with Gasteiger partial charge in [-0.15, -0.1) is 0 Å². The van der Waals surface area contributed by atoms with E-state index in [2.05, 4.69) is 23.3 Å². The van der Waals surface area contributed by atoms with Crippen LogP contribution in [0.2, 0.25) is 0 Å². The summed E-state index contributed by atoms with van der Waals surface area (Å²) in [5, 5.41) is 3.13. The number of hydrogen-bond donors (Lipinski definition) is 2. The highest BCUT2D eigenvalue weighted by atomic mass is 16.5. The van der Waals surface area contributed by atoms with E-state index in [4.69, 9.17) is 10.5 Å². The third kappa shape index (κ3) is 5.75. The average molecular weight is 225 g/mol. The van der Waals surface area contributed by atoms with E-state index in [1.54, 1.807) is 0 Å². The van der Waals surface area contributed by atoms with E-state index in [-0.39, 0.29) is 0 Å². The maximum atomic E-state index is 5.72. The fourth-order valence-corrected chi connectivity index (χ4v) is 1.56. The third-order valence-electron chi connectivity index (χ3n) is 2.60. The smallest absolute Gasteiger partial charge is 0.188 e. The minimum atomic E-state index is 0.570. The van der Waals surface area contributed by atoms with Crippen molar-refractivity contribution >= 4 is 5.96 Å². The van der Waals surface area contributed by atoms with Gasteiger partial charge in [0.05, 0.1) is 13.2 Å². The lowest BCUT2D eigenvalue weighted by molar-refractivity contribution is 0.153. The van der Waals surface area contributed by atoms with Crippen LogP contribution >= 0.6 is 0 Å². The summed E-state index contributed by atoms with van der Waals surface area (Å²) in [7, 11) is 0. The second-order valence-corrected chi connectivity index (χ2v) is 3.98. The molecule has 0 atom stereocenters. The van der Waals surface area contributed by atoms with Crippen LogP contribution in [0.3, 0.4) is 0 Å². The van der Waals surface area contributed by atoms with E-state index in [0.717, 1.165) is 52.0 Å². The Balaban J connectivity index is 2.09. The number of nitrogens with one attached hydrogen (secondary N) is 1. The zero-order valence-electron chi connectivity index (χ0n) is 10.2. The van der Waals surface area contributed by atoms with Gasteiger partial charge in [0.25, 0.3) is 0 Å². The van der Waals surface area contributed by atoms with Crippen molar-refractivity contribution in [2.45, 2.75) is 32.6 Å². The zero-order valence-corrected chi connectivity index (χ0v) is 10.2. The molecule has 3 N–H and O–H groups in total. The van der Waals surface area contributed by atoms with Gasteiger partial charge in [0.1, 0.15) is 0 Å². The normalized spacial score (nSPS) is 17.1. The minimum Gasteiger partial charge on any atom is -0.377 e. The van der Waals surface area contributed by atoms with Crippen LogP contribution in [-0.4, -0.2) is 32.3 Å². The summed E-state index contributed by atoms with van der Waals surface area (Å²) in [4.78, 5) is 4.24. The van der Waals surface area contributed by atoms with Crippen LogP contribution in [-0.2, 0) is 4.74 Å². The van der Waals surface area contributed by atoms with Crippen molar-refractivity contribution in [3.05, 3.63) is 11.6 Å². The van der Waals surface area contributed by atoms with E-state index < -0.39 is 0 Å². The van der Waals surface area contributed by atoms with Crippen LogP contribution in [0.4, 0.5) is 0 Å². The van der Waals surface area contributed by atoms with Crippen molar-refractivity contribution in [2.75, 3.05) is 26.3 Å². The topological polar surface area (TPSA) is 59.6 Å².